The summed E-state index contributed by atoms with van der Waals surface area (Å²) in [4.78, 5) is 8.45. The highest BCUT2D eigenvalue weighted by atomic mass is 16.5. The van der Waals surface area contributed by atoms with Crippen molar-refractivity contribution >= 4 is 17.2 Å². The Morgan fingerprint density at radius 1 is 1.35 bits per heavy atom. The first-order valence-electron chi connectivity index (χ1n) is 5.82. The summed E-state index contributed by atoms with van der Waals surface area (Å²) in [6, 6.07) is 10.3. The Labute approximate surface area is 101 Å². The van der Waals surface area contributed by atoms with Gasteiger partial charge in [-0.15, -0.1) is 0 Å². The predicted molar refractivity (Wildman–Crippen MR) is 70.6 cm³/mol. The first kappa shape index (κ1) is 11.6. The fourth-order valence-electron chi connectivity index (χ4n) is 1.42. The van der Waals surface area contributed by atoms with E-state index < -0.39 is 0 Å². The van der Waals surface area contributed by atoms with Crippen molar-refractivity contribution in [1.29, 1.82) is 0 Å². The molecule has 0 radical (unpaired) electrons. The molecule has 3 nitrogen and oxygen atoms in total. The van der Waals surface area contributed by atoms with Gasteiger partial charge in [-0.2, -0.15) is 0 Å². The third-order valence-corrected chi connectivity index (χ3v) is 2.69. The molecule has 0 N–H and O–H groups in total. The molecule has 0 aliphatic carbocycles. The second-order valence-corrected chi connectivity index (χ2v) is 4.00. The number of aliphatic imine (C=N–C) groups is 1. The largest absolute Gasteiger partial charge is 0.428 e. The summed E-state index contributed by atoms with van der Waals surface area (Å²) >= 11 is 0. The van der Waals surface area contributed by atoms with Gasteiger partial charge in [0, 0.05) is 17.6 Å². The van der Waals surface area contributed by atoms with Crippen molar-refractivity contribution < 1.29 is 4.74 Å². The molecule has 1 unspecified atom stereocenters. The van der Waals surface area contributed by atoms with Crippen molar-refractivity contribution in [3.8, 4) is 5.88 Å². The molecule has 0 spiro atoms. The van der Waals surface area contributed by atoms with Gasteiger partial charge in [-0.05, 0) is 18.7 Å². The quantitative estimate of drug-likeness (QED) is 0.593. The summed E-state index contributed by atoms with van der Waals surface area (Å²) in [7, 11) is 0. The highest BCUT2D eigenvalue weighted by Gasteiger charge is 1.97. The van der Waals surface area contributed by atoms with E-state index in [4.69, 9.17) is 4.74 Å². The van der Waals surface area contributed by atoms with Crippen LogP contribution in [-0.2, 0) is 0 Å². The summed E-state index contributed by atoms with van der Waals surface area (Å²) in [6.45, 7) is 4.14. The topological polar surface area (TPSA) is 34.5 Å². The van der Waals surface area contributed by atoms with Crippen LogP contribution in [0, 0.1) is 0 Å². The van der Waals surface area contributed by atoms with Crippen molar-refractivity contribution in [3.63, 3.8) is 0 Å². The molecule has 88 valence electrons. The SMILES string of the molecule is CCC(C)/N=C/Oc1cc2ccccc2cn1. The van der Waals surface area contributed by atoms with Gasteiger partial charge >= 0.3 is 0 Å². The third kappa shape index (κ3) is 3.03. The number of aromatic nitrogens is 1. The molecule has 1 aromatic carbocycles. The molecule has 1 atom stereocenters. The summed E-state index contributed by atoms with van der Waals surface area (Å²) in [5, 5.41) is 2.23. The lowest BCUT2D eigenvalue weighted by Gasteiger charge is -2.02. The van der Waals surface area contributed by atoms with Crippen molar-refractivity contribution in [2.24, 2.45) is 4.99 Å². The number of pyridine rings is 1. The van der Waals surface area contributed by atoms with Crippen LogP contribution in [-0.4, -0.2) is 17.4 Å². The monoisotopic (exact) mass is 228 g/mol. The first-order chi connectivity index (χ1) is 8.29. The smallest absolute Gasteiger partial charge is 0.221 e. The molecule has 0 fully saturated rings. The number of hydrogen-bond donors (Lipinski definition) is 0. The lowest BCUT2D eigenvalue weighted by Crippen LogP contribution is -1.99. The first-order valence-corrected chi connectivity index (χ1v) is 5.82. The van der Waals surface area contributed by atoms with E-state index in [0.29, 0.717) is 5.88 Å². The van der Waals surface area contributed by atoms with E-state index in [-0.39, 0.29) is 6.04 Å². The maximum atomic E-state index is 5.38. The minimum Gasteiger partial charge on any atom is -0.428 e. The average molecular weight is 228 g/mol. The highest BCUT2D eigenvalue weighted by molar-refractivity contribution is 5.82. The van der Waals surface area contributed by atoms with Crippen LogP contribution in [0.4, 0.5) is 0 Å². The second-order valence-electron chi connectivity index (χ2n) is 4.00. The van der Waals surface area contributed by atoms with Crippen LogP contribution in [0.2, 0.25) is 0 Å². The molecule has 2 aromatic rings. The van der Waals surface area contributed by atoms with E-state index in [1.54, 1.807) is 0 Å². The standard InChI is InChI=1S/C14H16N2O/c1-3-11(2)16-10-17-14-8-12-6-4-5-7-13(12)9-15-14/h4-11H,3H2,1-2H3/b16-10+. The molecule has 0 aliphatic heterocycles. The Morgan fingerprint density at radius 3 is 2.88 bits per heavy atom. The Hall–Kier alpha value is -1.90. The molecule has 1 aromatic heterocycles. The third-order valence-electron chi connectivity index (χ3n) is 2.69. The Kier molecular flexibility index (Phi) is 3.70. The van der Waals surface area contributed by atoms with E-state index in [1.165, 1.54) is 6.40 Å². The van der Waals surface area contributed by atoms with Gasteiger partial charge in [-0.1, -0.05) is 31.2 Å². The van der Waals surface area contributed by atoms with Gasteiger partial charge in [0.1, 0.15) is 0 Å². The molecule has 17 heavy (non-hydrogen) atoms. The van der Waals surface area contributed by atoms with E-state index in [9.17, 15) is 0 Å². The maximum Gasteiger partial charge on any atom is 0.221 e. The molecule has 2 rings (SSSR count). The van der Waals surface area contributed by atoms with Crippen LogP contribution in [0.15, 0.2) is 41.5 Å². The van der Waals surface area contributed by atoms with Crippen LogP contribution in [0.3, 0.4) is 0 Å². The summed E-state index contributed by atoms with van der Waals surface area (Å²) in [6.07, 6.45) is 4.29. The van der Waals surface area contributed by atoms with Gasteiger partial charge in [0.15, 0.2) is 6.40 Å². The zero-order valence-electron chi connectivity index (χ0n) is 10.1. The zero-order chi connectivity index (χ0) is 12.1. The van der Waals surface area contributed by atoms with Gasteiger partial charge in [0.05, 0.1) is 6.04 Å². The second kappa shape index (κ2) is 5.43. The molecule has 0 saturated carbocycles. The van der Waals surface area contributed by atoms with Crippen molar-refractivity contribution in [1.82, 2.24) is 4.98 Å². The lowest BCUT2D eigenvalue weighted by molar-refractivity contribution is 0.539. The minimum atomic E-state index is 0.287. The molecule has 0 aliphatic rings. The molecular formula is C14H16N2O. The van der Waals surface area contributed by atoms with Crippen LogP contribution in [0.1, 0.15) is 20.3 Å². The molecule has 3 heteroatoms. The van der Waals surface area contributed by atoms with Gasteiger partial charge < -0.3 is 4.74 Å². The van der Waals surface area contributed by atoms with Crippen molar-refractivity contribution in [2.75, 3.05) is 0 Å². The van der Waals surface area contributed by atoms with Gasteiger partial charge in [0.25, 0.3) is 0 Å². The Bertz CT molecular complexity index is 522. The Morgan fingerprint density at radius 2 is 2.12 bits per heavy atom. The normalized spacial score (nSPS) is 13.1. The van der Waals surface area contributed by atoms with Crippen LogP contribution in [0.5, 0.6) is 5.88 Å². The zero-order valence-corrected chi connectivity index (χ0v) is 10.1. The van der Waals surface area contributed by atoms with Gasteiger partial charge in [-0.3, -0.25) is 4.99 Å². The summed E-state index contributed by atoms with van der Waals surface area (Å²) < 4.78 is 5.38. The predicted octanol–water partition coefficient (Wildman–Crippen LogP) is 3.44. The minimum absolute atomic E-state index is 0.287. The number of fused-ring (bicyclic) bond motifs is 1. The van der Waals surface area contributed by atoms with E-state index in [2.05, 4.69) is 16.9 Å². The average Bonchev–Trinajstić information content (AvgIpc) is 2.38. The fraction of sp³-hybridized carbons (Fsp3) is 0.286. The molecule has 1 heterocycles. The van der Waals surface area contributed by atoms with E-state index in [0.717, 1.165) is 17.2 Å². The molecule has 0 saturated heterocycles. The van der Waals surface area contributed by atoms with Gasteiger partial charge in [0.2, 0.25) is 5.88 Å². The molecular weight excluding hydrogens is 212 g/mol. The Balaban J connectivity index is 2.12. The maximum absolute atomic E-state index is 5.38. The fourth-order valence-corrected chi connectivity index (χ4v) is 1.42. The van der Waals surface area contributed by atoms with Crippen molar-refractivity contribution in [3.05, 3.63) is 36.5 Å². The number of ether oxygens (including phenoxy) is 1. The van der Waals surface area contributed by atoms with Gasteiger partial charge in [-0.25, -0.2) is 4.98 Å². The number of hydrogen-bond acceptors (Lipinski definition) is 3. The molecule has 0 amide bonds. The lowest BCUT2D eigenvalue weighted by atomic mass is 10.2. The number of benzene rings is 1. The van der Waals surface area contributed by atoms with Crippen LogP contribution < -0.4 is 4.74 Å². The summed E-state index contributed by atoms with van der Waals surface area (Å²) in [5.74, 6) is 0.579. The number of rotatable bonds is 4. The van der Waals surface area contributed by atoms with Crippen molar-refractivity contribution in [2.45, 2.75) is 26.3 Å². The summed E-state index contributed by atoms with van der Waals surface area (Å²) in [5.41, 5.74) is 0. The number of nitrogens with zero attached hydrogens (tertiary/aromatic N) is 2. The van der Waals surface area contributed by atoms with E-state index in [1.807, 2.05) is 43.5 Å². The van der Waals surface area contributed by atoms with Crippen LogP contribution in [0.25, 0.3) is 10.8 Å². The van der Waals surface area contributed by atoms with E-state index >= 15 is 0 Å². The highest BCUT2D eigenvalue weighted by Crippen LogP contribution is 2.16. The van der Waals surface area contributed by atoms with Crippen LogP contribution >= 0.6 is 0 Å². The molecule has 0 bridgehead atoms.